The zero-order chi connectivity index (χ0) is 23.8. The number of allylic oxidation sites excluding steroid dienone is 3. The van der Waals surface area contributed by atoms with Gasteiger partial charge in [-0.15, -0.1) is 11.3 Å². The van der Waals surface area contributed by atoms with Crippen molar-refractivity contribution in [1.29, 1.82) is 5.26 Å². The summed E-state index contributed by atoms with van der Waals surface area (Å²) in [5.41, 5.74) is 4.82. The highest BCUT2D eigenvalue weighted by Gasteiger charge is 2.42. The molecule has 1 atom stereocenters. The summed E-state index contributed by atoms with van der Waals surface area (Å²) in [5.74, 6) is -0.248. The third kappa shape index (κ3) is 4.92. The zero-order valence-electron chi connectivity index (χ0n) is 19.2. The molecular formula is C26H27N3O2S2. The van der Waals surface area contributed by atoms with Crippen LogP contribution in [0.2, 0.25) is 0 Å². The van der Waals surface area contributed by atoms with E-state index in [0.29, 0.717) is 22.6 Å². The Labute approximate surface area is 203 Å². The second-order valence-corrected chi connectivity index (χ2v) is 11.4. The molecule has 2 aromatic rings. The standard InChI is InChI=1S/C26H27N3O2S2/c1-15-7-8-16(2)18(10-15)28-22(31)14-33-25-17(13-27)23(21-6-5-9-32-21)24-19(29-25)11-26(3,4)12-20(24)30/h5-10,23,29H,11-12,14H2,1-4H3,(H,28,31)/t23-/m1/s1. The summed E-state index contributed by atoms with van der Waals surface area (Å²) in [6, 6.07) is 12.2. The van der Waals surface area contributed by atoms with Crippen LogP contribution in [0, 0.1) is 30.6 Å². The van der Waals surface area contributed by atoms with Crippen molar-refractivity contribution >= 4 is 40.5 Å². The third-order valence-corrected chi connectivity index (χ3v) is 7.92. The SMILES string of the molecule is Cc1ccc(C)c(NC(=O)CSC2=C(C#N)[C@H](c3cccs3)C3=C(CC(C)(C)CC3=O)N2)c1. The number of rotatable bonds is 5. The fourth-order valence-corrected chi connectivity index (χ4v) is 6.13. The zero-order valence-corrected chi connectivity index (χ0v) is 20.9. The Morgan fingerprint density at radius 1 is 1.30 bits per heavy atom. The van der Waals surface area contributed by atoms with Crippen LogP contribution in [0.15, 0.2) is 57.6 Å². The van der Waals surface area contributed by atoms with E-state index in [1.54, 1.807) is 11.3 Å². The minimum atomic E-state index is -0.376. The Hall–Kier alpha value is -2.82. The topological polar surface area (TPSA) is 82.0 Å². The highest BCUT2D eigenvalue weighted by molar-refractivity contribution is 8.03. The number of ketones is 1. The first-order chi connectivity index (χ1) is 15.7. The molecule has 7 heteroatoms. The highest BCUT2D eigenvalue weighted by Crippen LogP contribution is 2.48. The van der Waals surface area contributed by atoms with E-state index in [1.165, 1.54) is 11.8 Å². The van der Waals surface area contributed by atoms with Crippen LogP contribution in [-0.4, -0.2) is 17.4 Å². The van der Waals surface area contributed by atoms with Crippen molar-refractivity contribution in [2.45, 2.75) is 46.5 Å². The smallest absolute Gasteiger partial charge is 0.234 e. The fourth-order valence-electron chi connectivity index (χ4n) is 4.42. The molecule has 1 aromatic carbocycles. The number of anilines is 1. The summed E-state index contributed by atoms with van der Waals surface area (Å²) in [6.45, 7) is 8.13. The van der Waals surface area contributed by atoms with Gasteiger partial charge in [-0.2, -0.15) is 5.26 Å². The van der Waals surface area contributed by atoms with Crippen molar-refractivity contribution in [1.82, 2.24) is 5.32 Å². The van der Waals surface area contributed by atoms with E-state index in [9.17, 15) is 14.9 Å². The monoisotopic (exact) mass is 477 g/mol. The van der Waals surface area contributed by atoms with Crippen LogP contribution in [0.25, 0.3) is 0 Å². The van der Waals surface area contributed by atoms with Gasteiger partial charge < -0.3 is 10.6 Å². The summed E-state index contributed by atoms with van der Waals surface area (Å²) >= 11 is 2.87. The van der Waals surface area contributed by atoms with Gasteiger partial charge in [0, 0.05) is 28.3 Å². The summed E-state index contributed by atoms with van der Waals surface area (Å²) in [4.78, 5) is 26.9. The van der Waals surface area contributed by atoms with E-state index in [1.807, 2.05) is 49.6 Å². The van der Waals surface area contributed by atoms with Crippen molar-refractivity contribution in [2.75, 3.05) is 11.1 Å². The van der Waals surface area contributed by atoms with Crippen molar-refractivity contribution in [3.63, 3.8) is 0 Å². The first kappa shape index (κ1) is 23.3. The van der Waals surface area contributed by atoms with Crippen molar-refractivity contribution in [2.24, 2.45) is 5.41 Å². The maximum atomic E-state index is 13.2. The Bertz CT molecular complexity index is 1220. The number of nitriles is 1. The summed E-state index contributed by atoms with van der Waals surface area (Å²) in [7, 11) is 0. The van der Waals surface area contributed by atoms with Gasteiger partial charge in [-0.05, 0) is 54.3 Å². The first-order valence-corrected chi connectivity index (χ1v) is 12.8. The molecule has 1 amide bonds. The normalized spacial score (nSPS) is 19.6. The van der Waals surface area contributed by atoms with E-state index in [-0.39, 0.29) is 28.8 Å². The van der Waals surface area contributed by atoms with Crippen molar-refractivity contribution < 1.29 is 9.59 Å². The number of benzene rings is 1. The van der Waals surface area contributed by atoms with Crippen LogP contribution in [0.5, 0.6) is 0 Å². The van der Waals surface area contributed by atoms with E-state index in [0.717, 1.165) is 33.8 Å². The van der Waals surface area contributed by atoms with Gasteiger partial charge in [0.05, 0.1) is 28.3 Å². The molecule has 5 nitrogen and oxygen atoms in total. The van der Waals surface area contributed by atoms with Gasteiger partial charge in [-0.25, -0.2) is 0 Å². The Morgan fingerprint density at radius 3 is 2.79 bits per heavy atom. The van der Waals surface area contributed by atoms with Crippen LogP contribution in [0.3, 0.4) is 0 Å². The lowest BCUT2D eigenvalue weighted by molar-refractivity contribution is -0.118. The number of nitrogens with zero attached hydrogens (tertiary/aromatic N) is 1. The molecule has 1 aliphatic heterocycles. The minimum absolute atomic E-state index is 0.0941. The number of hydrogen-bond donors (Lipinski definition) is 2. The lowest BCUT2D eigenvalue weighted by atomic mass is 9.70. The Kier molecular flexibility index (Phi) is 6.51. The molecule has 2 N–H and O–H groups in total. The molecule has 0 spiro atoms. The van der Waals surface area contributed by atoms with Gasteiger partial charge in [0.2, 0.25) is 5.91 Å². The van der Waals surface area contributed by atoms with E-state index in [4.69, 9.17) is 0 Å². The molecule has 2 aliphatic rings. The number of amides is 1. The minimum Gasteiger partial charge on any atom is -0.352 e. The molecular weight excluding hydrogens is 450 g/mol. The molecule has 0 unspecified atom stereocenters. The molecule has 4 rings (SSSR count). The number of hydrogen-bond acceptors (Lipinski definition) is 6. The molecule has 0 radical (unpaired) electrons. The van der Waals surface area contributed by atoms with Crippen LogP contribution in [0.1, 0.15) is 48.6 Å². The van der Waals surface area contributed by atoms with Gasteiger partial charge in [0.15, 0.2) is 5.78 Å². The average Bonchev–Trinajstić information content (AvgIpc) is 3.27. The van der Waals surface area contributed by atoms with Crippen molar-refractivity contribution in [3.8, 4) is 6.07 Å². The summed E-state index contributed by atoms with van der Waals surface area (Å²) in [6.07, 6.45) is 1.20. The molecule has 170 valence electrons. The molecule has 1 aliphatic carbocycles. The van der Waals surface area contributed by atoms with Crippen LogP contribution in [0.4, 0.5) is 5.69 Å². The number of thioether (sulfide) groups is 1. The lowest BCUT2D eigenvalue weighted by Crippen LogP contribution is -2.36. The van der Waals surface area contributed by atoms with Gasteiger partial charge in [0.25, 0.3) is 0 Å². The van der Waals surface area contributed by atoms with Gasteiger partial charge in [-0.1, -0.05) is 43.8 Å². The van der Waals surface area contributed by atoms with Gasteiger partial charge in [0.1, 0.15) is 0 Å². The predicted molar refractivity (Wildman–Crippen MR) is 135 cm³/mol. The second-order valence-electron chi connectivity index (χ2n) is 9.42. The van der Waals surface area contributed by atoms with E-state index in [2.05, 4.69) is 30.6 Å². The molecule has 0 saturated heterocycles. The Balaban J connectivity index is 1.61. The number of carbonyl (C=O) groups excluding carboxylic acids is 2. The predicted octanol–water partition coefficient (Wildman–Crippen LogP) is 5.80. The molecule has 33 heavy (non-hydrogen) atoms. The average molecular weight is 478 g/mol. The number of dihydropyridines is 1. The molecule has 0 fully saturated rings. The third-order valence-electron chi connectivity index (χ3n) is 5.97. The molecule has 1 aromatic heterocycles. The van der Waals surface area contributed by atoms with Crippen molar-refractivity contribution in [3.05, 3.63) is 73.6 Å². The van der Waals surface area contributed by atoms with E-state index >= 15 is 0 Å². The van der Waals surface area contributed by atoms with Crippen LogP contribution < -0.4 is 10.6 Å². The van der Waals surface area contributed by atoms with Gasteiger partial charge in [-0.3, -0.25) is 9.59 Å². The van der Waals surface area contributed by atoms with Crippen LogP contribution >= 0.6 is 23.1 Å². The second kappa shape index (κ2) is 9.20. The largest absolute Gasteiger partial charge is 0.352 e. The summed E-state index contributed by atoms with van der Waals surface area (Å²) in [5, 5.41) is 19.1. The number of thiophene rings is 1. The fraction of sp³-hybridized carbons (Fsp3) is 0.346. The lowest BCUT2D eigenvalue weighted by Gasteiger charge is -2.38. The summed E-state index contributed by atoms with van der Waals surface area (Å²) < 4.78 is 0. The number of nitrogens with one attached hydrogen (secondary N) is 2. The number of carbonyl (C=O) groups is 2. The van der Waals surface area contributed by atoms with E-state index < -0.39 is 0 Å². The molecule has 0 saturated carbocycles. The number of aryl methyl sites for hydroxylation is 2. The maximum Gasteiger partial charge on any atom is 0.234 e. The van der Waals surface area contributed by atoms with Gasteiger partial charge >= 0.3 is 0 Å². The Morgan fingerprint density at radius 2 is 2.09 bits per heavy atom. The number of Topliss-reactive ketones (excluding diaryl/α,β-unsaturated/α-hetero) is 1. The maximum absolute atomic E-state index is 13.2. The highest BCUT2D eigenvalue weighted by atomic mass is 32.2. The van der Waals surface area contributed by atoms with Crippen LogP contribution in [-0.2, 0) is 9.59 Å². The molecule has 0 bridgehead atoms. The quantitative estimate of drug-likeness (QED) is 0.569. The molecule has 2 heterocycles. The first-order valence-electron chi connectivity index (χ1n) is 10.9.